The number of hydrogen-bond donors (Lipinski definition) is 0. The SMILES string of the molecule is CCc1cc(-c2cc3c(n4cnnc24)N(C(=O)OC(C)(C)C)Cc2c(F)ccc4c2[C@H](CO4)CO3)n(C)n1. The average Bonchev–Trinajstić information content (AvgIpc) is 3.59. The maximum absolute atomic E-state index is 15.4. The molecule has 3 aromatic heterocycles. The van der Waals surface area contributed by atoms with E-state index in [0.29, 0.717) is 40.7 Å². The number of ether oxygens (including phenoxy) is 3. The molecule has 1 aromatic carbocycles. The quantitative estimate of drug-likeness (QED) is 0.380. The number of nitrogens with zero attached hydrogens (tertiary/aromatic N) is 6. The third-order valence-electron chi connectivity index (χ3n) is 6.82. The van der Waals surface area contributed by atoms with Crippen LogP contribution in [-0.2, 0) is 24.8 Å². The molecule has 0 unspecified atom stereocenters. The summed E-state index contributed by atoms with van der Waals surface area (Å²) < 4.78 is 36.9. The highest BCUT2D eigenvalue weighted by Crippen LogP contribution is 2.44. The second-order valence-corrected chi connectivity index (χ2v) is 10.6. The van der Waals surface area contributed by atoms with Crippen LogP contribution in [0.25, 0.3) is 16.9 Å². The van der Waals surface area contributed by atoms with E-state index in [-0.39, 0.29) is 19.1 Å². The zero-order valence-electron chi connectivity index (χ0n) is 22.0. The van der Waals surface area contributed by atoms with Crippen molar-refractivity contribution in [3.05, 3.63) is 53.2 Å². The van der Waals surface area contributed by atoms with Gasteiger partial charge in [0.05, 0.1) is 37.1 Å². The number of rotatable bonds is 2. The number of aromatic nitrogens is 5. The summed E-state index contributed by atoms with van der Waals surface area (Å²) in [5, 5.41) is 13.1. The molecule has 4 aromatic rings. The third kappa shape index (κ3) is 3.93. The first kappa shape index (κ1) is 24.2. The predicted molar refractivity (Wildman–Crippen MR) is 137 cm³/mol. The molecule has 1 amide bonds. The maximum Gasteiger partial charge on any atom is 0.416 e. The van der Waals surface area contributed by atoms with Crippen LogP contribution in [0.2, 0.25) is 0 Å². The normalized spacial score (nSPS) is 16.7. The minimum Gasteiger partial charge on any atom is -0.493 e. The minimum atomic E-state index is -0.781. The predicted octanol–water partition coefficient (Wildman–Crippen LogP) is 4.64. The molecule has 2 aliphatic heterocycles. The molecule has 6 rings (SSSR count). The van der Waals surface area contributed by atoms with E-state index in [9.17, 15) is 4.79 Å². The zero-order chi connectivity index (χ0) is 26.8. The fourth-order valence-electron chi connectivity index (χ4n) is 5.11. The molecule has 38 heavy (non-hydrogen) atoms. The van der Waals surface area contributed by atoms with Crippen LogP contribution >= 0.6 is 0 Å². The number of aryl methyl sites for hydroxylation is 2. The summed E-state index contributed by atoms with van der Waals surface area (Å²) in [7, 11) is 1.87. The lowest BCUT2D eigenvalue weighted by Gasteiger charge is -2.29. The van der Waals surface area contributed by atoms with Gasteiger partial charge >= 0.3 is 6.09 Å². The Kier molecular flexibility index (Phi) is 5.55. The lowest BCUT2D eigenvalue weighted by Crippen LogP contribution is -2.38. The summed E-state index contributed by atoms with van der Waals surface area (Å²) in [6, 6.07) is 6.84. The number of hydrogen-bond acceptors (Lipinski definition) is 7. The highest BCUT2D eigenvalue weighted by atomic mass is 19.1. The highest BCUT2D eigenvalue weighted by Gasteiger charge is 2.37. The van der Waals surface area contributed by atoms with Crippen LogP contribution in [-0.4, -0.2) is 49.3 Å². The number of anilines is 1. The molecule has 0 saturated carbocycles. The summed E-state index contributed by atoms with van der Waals surface area (Å²) in [6.07, 6.45) is 1.65. The Bertz CT molecular complexity index is 1570. The van der Waals surface area contributed by atoms with E-state index in [4.69, 9.17) is 14.2 Å². The van der Waals surface area contributed by atoms with Crippen molar-refractivity contribution >= 4 is 17.6 Å². The van der Waals surface area contributed by atoms with Gasteiger partial charge in [0.25, 0.3) is 0 Å². The monoisotopic (exact) mass is 520 g/mol. The minimum absolute atomic E-state index is 0.0849. The summed E-state index contributed by atoms with van der Waals surface area (Å²) in [4.78, 5) is 15.1. The van der Waals surface area contributed by atoms with E-state index < -0.39 is 17.5 Å². The van der Waals surface area contributed by atoms with Gasteiger partial charge in [0.1, 0.15) is 23.5 Å². The molecule has 0 spiro atoms. The molecule has 0 fully saturated rings. The summed E-state index contributed by atoms with van der Waals surface area (Å²) in [5.41, 5.74) is 3.32. The number of halogens is 1. The molecule has 11 heteroatoms. The summed E-state index contributed by atoms with van der Waals surface area (Å²) >= 11 is 0. The third-order valence-corrected chi connectivity index (χ3v) is 6.82. The Morgan fingerprint density at radius 3 is 2.66 bits per heavy atom. The summed E-state index contributed by atoms with van der Waals surface area (Å²) in [6.45, 7) is 7.91. The van der Waals surface area contributed by atoms with Gasteiger partial charge in [0, 0.05) is 23.7 Å². The first-order valence-electron chi connectivity index (χ1n) is 12.6. The number of benzene rings is 1. The number of carbonyl (C=O) groups is 1. The van der Waals surface area contributed by atoms with Crippen molar-refractivity contribution < 1.29 is 23.4 Å². The van der Waals surface area contributed by atoms with E-state index in [0.717, 1.165) is 23.4 Å². The van der Waals surface area contributed by atoms with Crippen molar-refractivity contribution in [3.8, 4) is 22.8 Å². The van der Waals surface area contributed by atoms with Crippen LogP contribution in [0.15, 0.2) is 30.6 Å². The molecule has 0 saturated heterocycles. The fourth-order valence-corrected chi connectivity index (χ4v) is 5.11. The topological polar surface area (TPSA) is 96.0 Å². The Labute approximate surface area is 218 Å². The van der Waals surface area contributed by atoms with Gasteiger partial charge in [-0.15, -0.1) is 10.2 Å². The first-order valence-corrected chi connectivity index (χ1v) is 12.6. The standard InChI is InChI=1S/C27H29FN6O4/c1-6-16-9-20(32(5)31-16)17-10-22-25(34-14-29-30-24(17)34)33(26(35)38-27(2,3)4)11-18-19(28)7-8-21-23(18)15(12-36-21)13-37-22/h7-10,14-15H,6,11-13H2,1-5H3/t15-/m1/s1. The van der Waals surface area contributed by atoms with E-state index in [2.05, 4.69) is 15.3 Å². The van der Waals surface area contributed by atoms with Crippen LogP contribution in [0.4, 0.5) is 15.0 Å². The van der Waals surface area contributed by atoms with Crippen molar-refractivity contribution in [1.82, 2.24) is 24.4 Å². The average molecular weight is 521 g/mol. The molecule has 0 bridgehead atoms. The molecule has 0 radical (unpaired) electrons. The lowest BCUT2D eigenvalue weighted by molar-refractivity contribution is 0.0574. The Morgan fingerprint density at radius 2 is 1.95 bits per heavy atom. The highest BCUT2D eigenvalue weighted by molar-refractivity contribution is 5.91. The van der Waals surface area contributed by atoms with Crippen LogP contribution in [0, 0.1) is 5.82 Å². The van der Waals surface area contributed by atoms with Crippen LogP contribution in [0.5, 0.6) is 11.5 Å². The van der Waals surface area contributed by atoms with E-state index in [1.54, 1.807) is 35.9 Å². The van der Waals surface area contributed by atoms with Crippen LogP contribution in [0.3, 0.4) is 0 Å². The van der Waals surface area contributed by atoms with Gasteiger partial charge in [-0.1, -0.05) is 6.92 Å². The van der Waals surface area contributed by atoms with Crippen LogP contribution < -0.4 is 14.4 Å². The van der Waals surface area contributed by atoms with E-state index in [1.807, 2.05) is 26.1 Å². The molecule has 0 N–H and O–H groups in total. The Hall–Kier alpha value is -4.15. The first-order chi connectivity index (χ1) is 18.1. The molecular weight excluding hydrogens is 491 g/mol. The maximum atomic E-state index is 15.4. The molecule has 1 atom stereocenters. The molecule has 0 aliphatic carbocycles. The van der Waals surface area contributed by atoms with Crippen molar-refractivity contribution in [3.63, 3.8) is 0 Å². The van der Waals surface area contributed by atoms with E-state index in [1.165, 1.54) is 17.3 Å². The van der Waals surface area contributed by atoms with Crippen molar-refractivity contribution in [1.29, 1.82) is 0 Å². The Balaban J connectivity index is 1.60. The number of carbonyl (C=O) groups excluding carboxylic acids is 1. The molecule has 2 aliphatic rings. The Morgan fingerprint density at radius 1 is 1.18 bits per heavy atom. The second-order valence-electron chi connectivity index (χ2n) is 10.6. The smallest absolute Gasteiger partial charge is 0.416 e. The van der Waals surface area contributed by atoms with Crippen molar-refractivity contribution in [2.24, 2.45) is 7.05 Å². The molecular formula is C27H29FN6O4. The number of pyridine rings is 1. The molecule has 5 heterocycles. The fraction of sp³-hybridized carbons (Fsp3) is 0.407. The number of fused-ring (bicyclic) bond motifs is 3. The van der Waals surface area contributed by atoms with Gasteiger partial charge in [-0.3, -0.25) is 14.0 Å². The van der Waals surface area contributed by atoms with Crippen LogP contribution in [0.1, 0.15) is 50.4 Å². The summed E-state index contributed by atoms with van der Waals surface area (Å²) in [5.74, 6) is 0.750. The van der Waals surface area contributed by atoms with Crippen molar-refractivity contribution in [2.75, 3.05) is 18.1 Å². The number of amides is 1. The van der Waals surface area contributed by atoms with E-state index >= 15 is 4.39 Å². The lowest BCUT2D eigenvalue weighted by atomic mass is 9.95. The second kappa shape index (κ2) is 8.71. The van der Waals surface area contributed by atoms with Gasteiger partial charge in [-0.05, 0) is 51.5 Å². The zero-order valence-corrected chi connectivity index (χ0v) is 22.0. The van der Waals surface area contributed by atoms with Gasteiger partial charge in [-0.2, -0.15) is 5.10 Å². The van der Waals surface area contributed by atoms with Crippen molar-refractivity contribution in [2.45, 2.75) is 52.2 Å². The van der Waals surface area contributed by atoms with Gasteiger partial charge in [0.15, 0.2) is 17.2 Å². The molecule has 198 valence electrons. The van der Waals surface area contributed by atoms with Gasteiger partial charge < -0.3 is 14.2 Å². The van der Waals surface area contributed by atoms with Gasteiger partial charge in [0.2, 0.25) is 0 Å². The van der Waals surface area contributed by atoms with Gasteiger partial charge in [-0.25, -0.2) is 9.18 Å². The largest absolute Gasteiger partial charge is 0.493 e. The molecule has 10 nitrogen and oxygen atoms in total.